The SMILES string of the molecule is CC(C(=O)O)C1CN(Cc2cc(Br)cc3c2OCC3)C1. The summed E-state index contributed by atoms with van der Waals surface area (Å²) >= 11 is 3.55. The summed E-state index contributed by atoms with van der Waals surface area (Å²) in [6.07, 6.45) is 0.973. The average Bonchev–Trinajstić information content (AvgIpc) is 2.79. The van der Waals surface area contributed by atoms with E-state index in [4.69, 9.17) is 9.84 Å². The third-order valence-corrected chi connectivity index (χ3v) is 4.76. The van der Waals surface area contributed by atoms with E-state index in [0.717, 1.165) is 42.9 Å². The largest absolute Gasteiger partial charge is 0.493 e. The topological polar surface area (TPSA) is 49.8 Å². The highest BCUT2D eigenvalue weighted by molar-refractivity contribution is 9.10. The van der Waals surface area contributed by atoms with E-state index in [1.54, 1.807) is 6.92 Å². The van der Waals surface area contributed by atoms with Gasteiger partial charge in [0.15, 0.2) is 0 Å². The summed E-state index contributed by atoms with van der Waals surface area (Å²) in [5.74, 6) is 0.355. The Balaban J connectivity index is 1.65. The lowest BCUT2D eigenvalue weighted by atomic mass is 9.87. The zero-order valence-corrected chi connectivity index (χ0v) is 13.0. The van der Waals surface area contributed by atoms with Crippen molar-refractivity contribution in [2.45, 2.75) is 19.9 Å². The Hall–Kier alpha value is -1.07. The number of hydrogen-bond acceptors (Lipinski definition) is 3. The maximum absolute atomic E-state index is 11.0. The van der Waals surface area contributed by atoms with Crippen LogP contribution in [0.3, 0.4) is 0 Å². The van der Waals surface area contributed by atoms with Gasteiger partial charge >= 0.3 is 5.97 Å². The number of rotatable bonds is 4. The summed E-state index contributed by atoms with van der Waals surface area (Å²) in [5, 5.41) is 9.01. The fourth-order valence-electron chi connectivity index (χ4n) is 2.96. The van der Waals surface area contributed by atoms with Gasteiger partial charge < -0.3 is 9.84 Å². The second-order valence-electron chi connectivity index (χ2n) is 5.73. The molecule has 0 bridgehead atoms. The van der Waals surface area contributed by atoms with Crippen LogP contribution in [0.15, 0.2) is 16.6 Å². The van der Waals surface area contributed by atoms with Crippen molar-refractivity contribution in [2.75, 3.05) is 19.7 Å². The molecule has 1 aromatic carbocycles. The van der Waals surface area contributed by atoms with Gasteiger partial charge in [-0.1, -0.05) is 22.9 Å². The molecule has 108 valence electrons. The summed E-state index contributed by atoms with van der Waals surface area (Å²) in [5.41, 5.74) is 2.47. The van der Waals surface area contributed by atoms with Crippen LogP contribution in [-0.4, -0.2) is 35.7 Å². The van der Waals surface area contributed by atoms with Crippen molar-refractivity contribution >= 4 is 21.9 Å². The standard InChI is InChI=1S/C15H18BrNO3/c1-9(15(18)19)12-7-17(8-12)6-11-5-13(16)4-10-2-3-20-14(10)11/h4-5,9,12H,2-3,6-8H2,1H3,(H,18,19). The van der Waals surface area contributed by atoms with Crippen LogP contribution < -0.4 is 4.74 Å². The van der Waals surface area contributed by atoms with Gasteiger partial charge in [0.05, 0.1) is 12.5 Å². The monoisotopic (exact) mass is 339 g/mol. The number of ether oxygens (including phenoxy) is 1. The van der Waals surface area contributed by atoms with Crippen LogP contribution >= 0.6 is 15.9 Å². The highest BCUT2D eigenvalue weighted by Gasteiger charge is 2.35. The molecule has 1 fully saturated rings. The van der Waals surface area contributed by atoms with Gasteiger partial charge in [0.25, 0.3) is 0 Å². The second-order valence-corrected chi connectivity index (χ2v) is 6.65. The summed E-state index contributed by atoms with van der Waals surface area (Å²) in [7, 11) is 0. The smallest absolute Gasteiger partial charge is 0.306 e. The number of carboxylic acid groups (broad SMARTS) is 1. The first-order valence-electron chi connectivity index (χ1n) is 6.94. The van der Waals surface area contributed by atoms with Crippen molar-refractivity contribution in [3.8, 4) is 5.75 Å². The lowest BCUT2D eigenvalue weighted by molar-refractivity contribution is -0.145. The van der Waals surface area contributed by atoms with E-state index in [-0.39, 0.29) is 11.8 Å². The van der Waals surface area contributed by atoms with Crippen LogP contribution in [0.1, 0.15) is 18.1 Å². The number of halogens is 1. The van der Waals surface area contributed by atoms with Crippen LogP contribution in [0.2, 0.25) is 0 Å². The number of nitrogens with zero attached hydrogens (tertiary/aromatic N) is 1. The fourth-order valence-corrected chi connectivity index (χ4v) is 3.51. The predicted octanol–water partition coefficient (Wildman–Crippen LogP) is 2.54. The molecule has 3 rings (SSSR count). The second kappa shape index (κ2) is 5.37. The minimum atomic E-state index is -0.693. The number of fused-ring (bicyclic) bond motifs is 1. The van der Waals surface area contributed by atoms with Gasteiger partial charge in [-0.25, -0.2) is 0 Å². The first-order chi connectivity index (χ1) is 9.54. The molecule has 2 aliphatic rings. The molecule has 20 heavy (non-hydrogen) atoms. The molecule has 1 aromatic rings. The van der Waals surface area contributed by atoms with Crippen LogP contribution in [0.4, 0.5) is 0 Å². The minimum Gasteiger partial charge on any atom is -0.493 e. The van der Waals surface area contributed by atoms with E-state index in [9.17, 15) is 4.79 Å². The van der Waals surface area contributed by atoms with Crippen molar-refractivity contribution < 1.29 is 14.6 Å². The maximum Gasteiger partial charge on any atom is 0.306 e. The Morgan fingerprint density at radius 2 is 2.30 bits per heavy atom. The number of hydrogen-bond donors (Lipinski definition) is 1. The molecule has 2 heterocycles. The van der Waals surface area contributed by atoms with Gasteiger partial charge in [0.1, 0.15) is 5.75 Å². The van der Waals surface area contributed by atoms with Crippen LogP contribution in [0, 0.1) is 11.8 Å². The third-order valence-electron chi connectivity index (χ3n) is 4.30. The highest BCUT2D eigenvalue weighted by Crippen LogP contribution is 2.35. The van der Waals surface area contributed by atoms with E-state index < -0.39 is 5.97 Å². The molecule has 1 unspecified atom stereocenters. The molecule has 1 N–H and O–H groups in total. The number of carbonyl (C=O) groups is 1. The van der Waals surface area contributed by atoms with Gasteiger partial charge in [0, 0.05) is 36.1 Å². The van der Waals surface area contributed by atoms with Crippen molar-refractivity contribution in [1.29, 1.82) is 0 Å². The van der Waals surface area contributed by atoms with Crippen molar-refractivity contribution in [3.05, 3.63) is 27.7 Å². The van der Waals surface area contributed by atoms with E-state index >= 15 is 0 Å². The highest BCUT2D eigenvalue weighted by atomic mass is 79.9. The number of benzene rings is 1. The minimum absolute atomic E-state index is 0.254. The molecule has 0 saturated carbocycles. The fraction of sp³-hybridized carbons (Fsp3) is 0.533. The maximum atomic E-state index is 11.0. The molecule has 0 aliphatic carbocycles. The van der Waals surface area contributed by atoms with E-state index in [2.05, 4.69) is 33.0 Å². The summed E-state index contributed by atoms with van der Waals surface area (Å²) in [4.78, 5) is 13.2. The molecule has 0 amide bonds. The Morgan fingerprint density at radius 3 is 3.00 bits per heavy atom. The third kappa shape index (κ3) is 2.56. The Morgan fingerprint density at radius 1 is 1.55 bits per heavy atom. The molecule has 1 atom stereocenters. The van der Waals surface area contributed by atoms with Gasteiger partial charge in [-0.2, -0.15) is 0 Å². The van der Waals surface area contributed by atoms with Crippen LogP contribution in [0.5, 0.6) is 5.75 Å². The zero-order chi connectivity index (χ0) is 14.3. The normalized spacial score (nSPS) is 20.1. The molecule has 2 aliphatic heterocycles. The number of likely N-dealkylation sites (tertiary alicyclic amines) is 1. The molecule has 1 saturated heterocycles. The zero-order valence-electron chi connectivity index (χ0n) is 11.4. The van der Waals surface area contributed by atoms with Gasteiger partial charge in [-0.05, 0) is 23.6 Å². The summed E-state index contributed by atoms with van der Waals surface area (Å²) in [6, 6.07) is 4.23. The average molecular weight is 340 g/mol. The van der Waals surface area contributed by atoms with Gasteiger partial charge in [-0.15, -0.1) is 0 Å². The molecule has 4 nitrogen and oxygen atoms in total. The Labute approximate surface area is 126 Å². The van der Waals surface area contributed by atoms with Crippen molar-refractivity contribution in [3.63, 3.8) is 0 Å². The predicted molar refractivity (Wildman–Crippen MR) is 78.9 cm³/mol. The van der Waals surface area contributed by atoms with Crippen molar-refractivity contribution in [2.24, 2.45) is 11.8 Å². The Bertz CT molecular complexity index is 540. The molecular weight excluding hydrogens is 322 g/mol. The number of carboxylic acids is 1. The molecule has 0 radical (unpaired) electrons. The molecular formula is C15H18BrNO3. The van der Waals surface area contributed by atoms with E-state index in [1.165, 1.54) is 11.1 Å². The summed E-state index contributed by atoms with van der Waals surface area (Å²) in [6.45, 7) is 5.11. The first-order valence-corrected chi connectivity index (χ1v) is 7.73. The molecule has 5 heteroatoms. The lowest BCUT2D eigenvalue weighted by Gasteiger charge is -2.41. The van der Waals surface area contributed by atoms with Crippen molar-refractivity contribution in [1.82, 2.24) is 4.90 Å². The quantitative estimate of drug-likeness (QED) is 0.915. The van der Waals surface area contributed by atoms with E-state index in [0.29, 0.717) is 0 Å². The van der Waals surface area contributed by atoms with E-state index in [1.807, 2.05) is 0 Å². The number of aliphatic carboxylic acids is 1. The lowest BCUT2D eigenvalue weighted by Crippen LogP contribution is -2.50. The summed E-state index contributed by atoms with van der Waals surface area (Å²) < 4.78 is 6.82. The molecule has 0 aromatic heterocycles. The van der Waals surface area contributed by atoms with Gasteiger partial charge in [0.2, 0.25) is 0 Å². The van der Waals surface area contributed by atoms with Crippen LogP contribution in [-0.2, 0) is 17.8 Å². The molecule has 0 spiro atoms. The van der Waals surface area contributed by atoms with Gasteiger partial charge in [-0.3, -0.25) is 9.69 Å². The first kappa shape index (κ1) is 13.9. The Kier molecular flexibility index (Phi) is 3.73. The van der Waals surface area contributed by atoms with Crippen LogP contribution in [0.25, 0.3) is 0 Å².